The average molecular weight is 468 g/mol. The summed E-state index contributed by atoms with van der Waals surface area (Å²) < 4.78 is 3.36. The van der Waals surface area contributed by atoms with Crippen LogP contribution in [-0.2, 0) is 11.3 Å². The van der Waals surface area contributed by atoms with E-state index in [4.69, 9.17) is 4.98 Å². The summed E-state index contributed by atoms with van der Waals surface area (Å²) in [4.78, 5) is 19.7. The minimum Gasteiger partial charge on any atom is -0.328 e. The highest BCUT2D eigenvalue weighted by molar-refractivity contribution is 9.10. The number of hydrogen-bond donors (Lipinski definition) is 0. The monoisotopic (exact) mass is 467 g/mol. The van der Waals surface area contributed by atoms with Crippen molar-refractivity contribution in [2.75, 3.05) is 11.4 Å². The van der Waals surface area contributed by atoms with E-state index in [-0.39, 0.29) is 11.8 Å². The number of halogens is 1. The van der Waals surface area contributed by atoms with Crippen LogP contribution in [0.3, 0.4) is 0 Å². The Morgan fingerprint density at radius 3 is 2.67 bits per heavy atom. The summed E-state index contributed by atoms with van der Waals surface area (Å²) >= 11 is 3.52. The average Bonchev–Trinajstić information content (AvgIpc) is 3.31. The maximum atomic E-state index is 12.8. The van der Waals surface area contributed by atoms with E-state index in [0.717, 1.165) is 34.5 Å². The van der Waals surface area contributed by atoms with Gasteiger partial charge in [0.25, 0.3) is 0 Å². The molecule has 2 aromatic carbocycles. The molecule has 0 radical (unpaired) electrons. The highest BCUT2D eigenvalue weighted by Gasteiger charge is 2.34. The number of amides is 1. The van der Waals surface area contributed by atoms with Crippen LogP contribution in [0.2, 0.25) is 0 Å². The second kappa shape index (κ2) is 9.78. The lowest BCUT2D eigenvalue weighted by molar-refractivity contribution is -0.117. The summed E-state index contributed by atoms with van der Waals surface area (Å²) in [6, 6.07) is 16.4. The lowest BCUT2D eigenvalue weighted by Gasteiger charge is -2.18. The minimum absolute atomic E-state index is 0.129. The third kappa shape index (κ3) is 4.61. The maximum absolute atomic E-state index is 12.8. The molecule has 1 aromatic heterocycles. The van der Waals surface area contributed by atoms with Crippen molar-refractivity contribution in [2.45, 2.75) is 64.3 Å². The van der Waals surface area contributed by atoms with Crippen molar-refractivity contribution in [1.82, 2.24) is 9.55 Å². The molecule has 5 heteroatoms. The summed E-state index contributed by atoms with van der Waals surface area (Å²) in [6.07, 6.45) is 8.16. The van der Waals surface area contributed by atoms with Gasteiger partial charge in [-0.05, 0) is 36.8 Å². The summed E-state index contributed by atoms with van der Waals surface area (Å²) in [5, 5.41) is 0. The molecule has 0 N–H and O–H groups in total. The fourth-order valence-electron chi connectivity index (χ4n) is 4.47. The first-order valence-corrected chi connectivity index (χ1v) is 12.0. The van der Waals surface area contributed by atoms with Crippen LogP contribution in [0.1, 0.15) is 63.6 Å². The third-order valence-electron chi connectivity index (χ3n) is 6.03. The van der Waals surface area contributed by atoms with Gasteiger partial charge in [-0.3, -0.25) is 4.79 Å². The molecule has 3 aromatic rings. The fraction of sp³-hybridized carbons (Fsp3) is 0.440. The molecule has 1 saturated heterocycles. The van der Waals surface area contributed by atoms with E-state index in [1.54, 1.807) is 0 Å². The van der Waals surface area contributed by atoms with Crippen molar-refractivity contribution in [3.05, 3.63) is 58.8 Å². The van der Waals surface area contributed by atoms with Crippen LogP contribution >= 0.6 is 15.9 Å². The summed E-state index contributed by atoms with van der Waals surface area (Å²) in [6.45, 7) is 3.92. The van der Waals surface area contributed by atoms with Crippen LogP contribution in [0.5, 0.6) is 0 Å². The molecule has 4 rings (SSSR count). The molecule has 1 amide bonds. The Bertz CT molecular complexity index is 1010. The lowest BCUT2D eigenvalue weighted by Crippen LogP contribution is -2.24. The number of imidazole rings is 1. The molecule has 1 unspecified atom stereocenters. The summed E-state index contributed by atoms with van der Waals surface area (Å²) in [5.74, 6) is 1.37. The van der Waals surface area contributed by atoms with Gasteiger partial charge in [0.2, 0.25) is 5.91 Å². The number of anilines is 1. The van der Waals surface area contributed by atoms with Gasteiger partial charge in [-0.1, -0.05) is 73.2 Å². The Labute approximate surface area is 187 Å². The van der Waals surface area contributed by atoms with Crippen LogP contribution < -0.4 is 4.90 Å². The van der Waals surface area contributed by atoms with Gasteiger partial charge in [-0.15, -0.1) is 0 Å². The van der Waals surface area contributed by atoms with Gasteiger partial charge < -0.3 is 9.47 Å². The van der Waals surface area contributed by atoms with Gasteiger partial charge in [-0.2, -0.15) is 0 Å². The SMILES string of the molecule is CCCCCCCCn1c(C2CC(=O)N(c3cccc(Br)c3)C2)nc2ccccc21. The van der Waals surface area contributed by atoms with Gasteiger partial charge in [0.05, 0.1) is 11.0 Å². The Morgan fingerprint density at radius 1 is 1.03 bits per heavy atom. The highest BCUT2D eigenvalue weighted by Crippen LogP contribution is 2.34. The Hall–Kier alpha value is -2.14. The quantitative estimate of drug-likeness (QED) is 0.329. The van der Waals surface area contributed by atoms with Crippen molar-refractivity contribution in [3.63, 3.8) is 0 Å². The van der Waals surface area contributed by atoms with Crippen LogP contribution in [0.4, 0.5) is 5.69 Å². The first-order chi connectivity index (χ1) is 14.7. The summed E-state index contributed by atoms with van der Waals surface area (Å²) in [7, 11) is 0. The standard InChI is InChI=1S/C25H30BrN3O/c1-2-3-4-5-6-9-15-28-23-14-8-7-13-22(23)27-25(28)19-16-24(30)29(18-19)21-12-10-11-20(26)17-21/h7-8,10-14,17,19H,2-6,9,15-16,18H2,1H3. The first kappa shape index (κ1) is 21.1. The number of hydrogen-bond acceptors (Lipinski definition) is 2. The minimum atomic E-state index is 0.129. The number of nitrogens with zero attached hydrogens (tertiary/aromatic N) is 3. The Balaban J connectivity index is 1.54. The molecule has 158 valence electrons. The van der Waals surface area contributed by atoms with E-state index < -0.39 is 0 Å². The van der Waals surface area contributed by atoms with E-state index >= 15 is 0 Å². The molecular weight excluding hydrogens is 438 g/mol. The van der Waals surface area contributed by atoms with E-state index in [1.165, 1.54) is 37.6 Å². The summed E-state index contributed by atoms with van der Waals surface area (Å²) in [5.41, 5.74) is 3.18. The second-order valence-corrected chi connectivity index (χ2v) is 9.18. The van der Waals surface area contributed by atoms with Gasteiger partial charge in [0.15, 0.2) is 0 Å². The van der Waals surface area contributed by atoms with E-state index in [0.29, 0.717) is 13.0 Å². The predicted molar refractivity (Wildman–Crippen MR) is 127 cm³/mol. The lowest BCUT2D eigenvalue weighted by atomic mass is 10.1. The smallest absolute Gasteiger partial charge is 0.227 e. The molecule has 0 saturated carbocycles. The van der Waals surface area contributed by atoms with Gasteiger partial charge in [0, 0.05) is 35.6 Å². The van der Waals surface area contributed by atoms with Crippen LogP contribution in [0.15, 0.2) is 53.0 Å². The Kier molecular flexibility index (Phi) is 6.88. The van der Waals surface area contributed by atoms with Crippen LogP contribution in [-0.4, -0.2) is 22.0 Å². The number of para-hydroxylation sites is 2. The van der Waals surface area contributed by atoms with Crippen molar-refractivity contribution in [1.29, 1.82) is 0 Å². The molecule has 30 heavy (non-hydrogen) atoms. The zero-order valence-electron chi connectivity index (χ0n) is 17.7. The molecular formula is C25H30BrN3O. The number of unbranched alkanes of at least 4 members (excludes halogenated alkanes) is 5. The molecule has 2 heterocycles. The van der Waals surface area contributed by atoms with Crippen LogP contribution in [0.25, 0.3) is 11.0 Å². The predicted octanol–water partition coefficient (Wildman–Crippen LogP) is 6.68. The van der Waals surface area contributed by atoms with Crippen molar-refractivity contribution >= 4 is 38.6 Å². The fourth-order valence-corrected chi connectivity index (χ4v) is 4.85. The van der Waals surface area contributed by atoms with Crippen molar-refractivity contribution in [2.24, 2.45) is 0 Å². The normalized spacial score (nSPS) is 16.7. The third-order valence-corrected chi connectivity index (χ3v) is 6.52. The number of aryl methyl sites for hydroxylation is 1. The zero-order chi connectivity index (χ0) is 20.9. The number of carbonyl (C=O) groups is 1. The number of rotatable bonds is 9. The molecule has 1 atom stereocenters. The van der Waals surface area contributed by atoms with Gasteiger partial charge in [0.1, 0.15) is 5.82 Å². The topological polar surface area (TPSA) is 38.1 Å². The van der Waals surface area contributed by atoms with Crippen molar-refractivity contribution < 1.29 is 4.79 Å². The number of aromatic nitrogens is 2. The number of fused-ring (bicyclic) bond motifs is 1. The van der Waals surface area contributed by atoms with E-state index in [2.05, 4.69) is 45.6 Å². The van der Waals surface area contributed by atoms with Crippen LogP contribution in [0, 0.1) is 0 Å². The first-order valence-electron chi connectivity index (χ1n) is 11.2. The Morgan fingerprint density at radius 2 is 1.83 bits per heavy atom. The second-order valence-electron chi connectivity index (χ2n) is 8.26. The number of carbonyl (C=O) groups excluding carboxylic acids is 1. The zero-order valence-corrected chi connectivity index (χ0v) is 19.3. The molecule has 4 nitrogen and oxygen atoms in total. The van der Waals surface area contributed by atoms with E-state index in [1.807, 2.05) is 35.2 Å². The van der Waals surface area contributed by atoms with Gasteiger partial charge >= 0.3 is 0 Å². The molecule has 0 aliphatic carbocycles. The van der Waals surface area contributed by atoms with Gasteiger partial charge in [-0.25, -0.2) is 4.98 Å². The van der Waals surface area contributed by atoms with E-state index in [9.17, 15) is 4.79 Å². The number of benzene rings is 2. The molecule has 1 aliphatic rings. The molecule has 0 spiro atoms. The molecule has 0 bridgehead atoms. The van der Waals surface area contributed by atoms with Crippen molar-refractivity contribution in [3.8, 4) is 0 Å². The maximum Gasteiger partial charge on any atom is 0.227 e. The largest absolute Gasteiger partial charge is 0.328 e. The highest BCUT2D eigenvalue weighted by atomic mass is 79.9. The molecule has 1 fully saturated rings. The molecule has 1 aliphatic heterocycles.